The number of alkyl halides is 2. The average Bonchev–Trinajstić information content (AvgIpc) is 3.07. The Morgan fingerprint density at radius 2 is 1.71 bits per heavy atom. The third-order valence-electron chi connectivity index (χ3n) is 3.17. The van der Waals surface area contributed by atoms with Gasteiger partial charge in [0.1, 0.15) is 13.2 Å². The second-order valence-electron chi connectivity index (χ2n) is 4.42. The molecule has 1 aliphatic carbocycles. The van der Waals surface area contributed by atoms with Crippen molar-refractivity contribution in [2.75, 3.05) is 13.2 Å². The highest BCUT2D eigenvalue weighted by Crippen LogP contribution is 2.51. The van der Waals surface area contributed by atoms with E-state index >= 15 is 0 Å². The van der Waals surface area contributed by atoms with Crippen LogP contribution in [0.5, 0.6) is 11.5 Å². The summed E-state index contributed by atoms with van der Waals surface area (Å²) in [6.07, 6.45) is -1.58. The Morgan fingerprint density at radius 3 is 2.24 bits per heavy atom. The van der Waals surface area contributed by atoms with Gasteiger partial charge < -0.3 is 14.6 Å². The number of hydrogen-bond donors (Lipinski definition) is 1. The number of fused-ring (bicyclic) bond motifs is 1. The molecule has 1 aromatic rings. The van der Waals surface area contributed by atoms with Gasteiger partial charge in [-0.25, -0.2) is 8.78 Å². The minimum absolute atomic E-state index is 0.158. The molecule has 3 rings (SSSR count). The normalized spacial score (nSPS) is 20.5. The molecule has 3 nitrogen and oxygen atoms in total. The average molecular weight is 242 g/mol. The summed E-state index contributed by atoms with van der Waals surface area (Å²) >= 11 is 0. The van der Waals surface area contributed by atoms with E-state index in [2.05, 4.69) is 0 Å². The van der Waals surface area contributed by atoms with Crippen LogP contribution in [-0.2, 0) is 5.60 Å². The lowest BCUT2D eigenvalue weighted by atomic mass is 9.99. The standard InChI is InChI=1S/C12H12F2O3/c13-11(14)7-5-9-10(17-4-3-16-9)6-8(7)12(15)1-2-12/h5-6,11,15H,1-4H2. The van der Waals surface area contributed by atoms with Gasteiger partial charge in [-0.2, -0.15) is 0 Å². The van der Waals surface area contributed by atoms with Crippen LogP contribution < -0.4 is 9.47 Å². The zero-order valence-electron chi connectivity index (χ0n) is 9.08. The molecule has 1 aliphatic heterocycles. The molecule has 1 saturated carbocycles. The molecule has 17 heavy (non-hydrogen) atoms. The number of rotatable bonds is 2. The third kappa shape index (κ3) is 1.74. The molecule has 1 fully saturated rings. The zero-order valence-corrected chi connectivity index (χ0v) is 9.08. The largest absolute Gasteiger partial charge is 0.486 e. The smallest absolute Gasteiger partial charge is 0.264 e. The summed E-state index contributed by atoms with van der Waals surface area (Å²) in [5, 5.41) is 10.0. The van der Waals surface area contributed by atoms with Crippen LogP contribution in [0, 0.1) is 0 Å². The van der Waals surface area contributed by atoms with E-state index in [1.54, 1.807) is 0 Å². The van der Waals surface area contributed by atoms with Gasteiger partial charge in [0.15, 0.2) is 11.5 Å². The van der Waals surface area contributed by atoms with E-state index in [1.807, 2.05) is 0 Å². The summed E-state index contributed by atoms with van der Waals surface area (Å²) < 4.78 is 36.5. The monoisotopic (exact) mass is 242 g/mol. The number of halogens is 2. The molecule has 0 spiro atoms. The summed E-state index contributed by atoms with van der Waals surface area (Å²) in [6.45, 7) is 0.762. The highest BCUT2D eigenvalue weighted by Gasteiger charge is 2.45. The fraction of sp³-hybridized carbons (Fsp3) is 0.500. The van der Waals surface area contributed by atoms with E-state index in [4.69, 9.17) is 9.47 Å². The van der Waals surface area contributed by atoms with Crippen LogP contribution in [0.25, 0.3) is 0 Å². The molecule has 0 aromatic heterocycles. The Bertz CT molecular complexity index is 455. The van der Waals surface area contributed by atoms with Crippen molar-refractivity contribution in [3.05, 3.63) is 23.3 Å². The molecular weight excluding hydrogens is 230 g/mol. The first-order valence-corrected chi connectivity index (χ1v) is 5.55. The fourth-order valence-corrected chi connectivity index (χ4v) is 2.08. The minimum Gasteiger partial charge on any atom is -0.486 e. The molecule has 0 radical (unpaired) electrons. The van der Waals surface area contributed by atoms with Gasteiger partial charge in [0.25, 0.3) is 6.43 Å². The van der Waals surface area contributed by atoms with Crippen molar-refractivity contribution in [1.29, 1.82) is 0 Å². The van der Waals surface area contributed by atoms with Gasteiger partial charge in [-0.05, 0) is 30.5 Å². The second kappa shape index (κ2) is 3.57. The molecule has 1 aromatic carbocycles. The lowest BCUT2D eigenvalue weighted by molar-refractivity contribution is 0.121. The molecule has 0 saturated heterocycles. The molecule has 2 aliphatic rings. The van der Waals surface area contributed by atoms with Gasteiger partial charge in [0.05, 0.1) is 5.60 Å². The number of benzene rings is 1. The van der Waals surface area contributed by atoms with Crippen molar-refractivity contribution in [2.24, 2.45) is 0 Å². The SMILES string of the molecule is OC1(c2cc3c(cc2C(F)F)OCCO3)CC1. The molecule has 0 unspecified atom stereocenters. The first kappa shape index (κ1) is 10.8. The third-order valence-corrected chi connectivity index (χ3v) is 3.17. The van der Waals surface area contributed by atoms with Crippen molar-refractivity contribution < 1.29 is 23.4 Å². The predicted molar refractivity (Wildman–Crippen MR) is 55.5 cm³/mol. The first-order valence-electron chi connectivity index (χ1n) is 5.55. The van der Waals surface area contributed by atoms with Crippen molar-refractivity contribution in [3.63, 3.8) is 0 Å². The van der Waals surface area contributed by atoms with Crippen molar-refractivity contribution >= 4 is 0 Å². The van der Waals surface area contributed by atoms with E-state index in [9.17, 15) is 13.9 Å². The van der Waals surface area contributed by atoms with Gasteiger partial charge in [-0.15, -0.1) is 0 Å². The van der Waals surface area contributed by atoms with E-state index in [0.29, 0.717) is 37.6 Å². The predicted octanol–water partition coefficient (Wildman–Crippen LogP) is 2.38. The van der Waals surface area contributed by atoms with E-state index in [0.717, 1.165) is 0 Å². The maximum absolute atomic E-state index is 12.9. The van der Waals surface area contributed by atoms with E-state index in [-0.39, 0.29) is 11.1 Å². The van der Waals surface area contributed by atoms with Crippen LogP contribution in [0.4, 0.5) is 8.78 Å². The molecule has 92 valence electrons. The Hall–Kier alpha value is -1.36. The molecule has 0 amide bonds. The van der Waals surface area contributed by atoms with E-state index < -0.39 is 12.0 Å². The van der Waals surface area contributed by atoms with Crippen LogP contribution in [0.1, 0.15) is 30.4 Å². The maximum Gasteiger partial charge on any atom is 0.264 e. The highest BCUT2D eigenvalue weighted by atomic mass is 19.3. The zero-order chi connectivity index (χ0) is 12.0. The Kier molecular flexibility index (Phi) is 2.26. The Morgan fingerprint density at radius 1 is 1.12 bits per heavy atom. The van der Waals surface area contributed by atoms with Crippen LogP contribution in [-0.4, -0.2) is 18.3 Å². The second-order valence-corrected chi connectivity index (χ2v) is 4.42. The molecule has 1 heterocycles. The van der Waals surface area contributed by atoms with Crippen molar-refractivity contribution in [2.45, 2.75) is 24.9 Å². The van der Waals surface area contributed by atoms with E-state index in [1.165, 1.54) is 12.1 Å². The molecule has 0 bridgehead atoms. The summed E-state index contributed by atoms with van der Waals surface area (Å²) in [5.41, 5.74) is -0.979. The van der Waals surface area contributed by atoms with Gasteiger partial charge >= 0.3 is 0 Å². The first-order chi connectivity index (χ1) is 8.10. The number of hydrogen-bond acceptors (Lipinski definition) is 3. The summed E-state index contributed by atoms with van der Waals surface area (Å²) in [4.78, 5) is 0. The molecule has 5 heteroatoms. The molecular formula is C12H12F2O3. The summed E-state index contributed by atoms with van der Waals surface area (Å²) in [7, 11) is 0. The summed E-state index contributed by atoms with van der Waals surface area (Å²) in [5.74, 6) is 0.774. The minimum atomic E-state index is -2.62. The highest BCUT2D eigenvalue weighted by molar-refractivity contribution is 5.51. The van der Waals surface area contributed by atoms with Crippen molar-refractivity contribution in [3.8, 4) is 11.5 Å². The molecule has 1 N–H and O–H groups in total. The fourth-order valence-electron chi connectivity index (χ4n) is 2.08. The van der Waals surface area contributed by atoms with Gasteiger partial charge in [0, 0.05) is 5.56 Å². The van der Waals surface area contributed by atoms with Gasteiger partial charge in [-0.3, -0.25) is 0 Å². The van der Waals surface area contributed by atoms with Crippen molar-refractivity contribution in [1.82, 2.24) is 0 Å². The van der Waals surface area contributed by atoms with Crippen LogP contribution in [0.15, 0.2) is 12.1 Å². The van der Waals surface area contributed by atoms with Gasteiger partial charge in [0.2, 0.25) is 0 Å². The van der Waals surface area contributed by atoms with Crippen LogP contribution in [0.3, 0.4) is 0 Å². The van der Waals surface area contributed by atoms with Crippen LogP contribution in [0.2, 0.25) is 0 Å². The summed E-state index contributed by atoms with van der Waals surface area (Å²) in [6, 6.07) is 2.77. The lowest BCUT2D eigenvalue weighted by Crippen LogP contribution is -2.17. The van der Waals surface area contributed by atoms with Crippen LogP contribution >= 0.6 is 0 Å². The number of aliphatic hydroxyl groups is 1. The quantitative estimate of drug-likeness (QED) is 0.865. The number of ether oxygens (including phenoxy) is 2. The topological polar surface area (TPSA) is 38.7 Å². The Balaban J connectivity index is 2.11. The lowest BCUT2D eigenvalue weighted by Gasteiger charge is -2.22. The van der Waals surface area contributed by atoms with Gasteiger partial charge in [-0.1, -0.05) is 0 Å². The maximum atomic E-state index is 12.9. The molecule has 0 atom stereocenters. The Labute approximate surface area is 97.0 Å².